The van der Waals surface area contributed by atoms with E-state index in [2.05, 4.69) is 26.4 Å². The van der Waals surface area contributed by atoms with E-state index in [1.54, 1.807) is 30.3 Å². The molecule has 1 unspecified atom stereocenters. The molecule has 2 heterocycles. The molecule has 3 aromatic rings. The van der Waals surface area contributed by atoms with Crippen molar-refractivity contribution in [2.24, 2.45) is 5.92 Å². The van der Waals surface area contributed by atoms with Gasteiger partial charge in [-0.2, -0.15) is 4.31 Å². The molecule has 2 aromatic carbocycles. The maximum absolute atomic E-state index is 14.0. The van der Waals surface area contributed by atoms with Gasteiger partial charge in [-0.1, -0.05) is 45.4 Å². The molecule has 0 spiro atoms. The van der Waals surface area contributed by atoms with E-state index in [0.717, 1.165) is 4.47 Å². The van der Waals surface area contributed by atoms with Crippen molar-refractivity contribution in [3.63, 3.8) is 0 Å². The van der Waals surface area contributed by atoms with Crippen molar-refractivity contribution in [3.8, 4) is 0 Å². The Bertz CT molecular complexity index is 1340. The Kier molecular flexibility index (Phi) is 7.30. The van der Waals surface area contributed by atoms with Crippen LogP contribution < -0.4 is 5.32 Å². The van der Waals surface area contributed by atoms with Crippen LogP contribution in [0.3, 0.4) is 0 Å². The van der Waals surface area contributed by atoms with E-state index in [-0.39, 0.29) is 35.3 Å². The van der Waals surface area contributed by atoms with E-state index < -0.39 is 21.8 Å². The number of aromatic nitrogens is 1. The Morgan fingerprint density at radius 1 is 1.24 bits per heavy atom. The number of benzene rings is 2. The van der Waals surface area contributed by atoms with E-state index in [1.807, 2.05) is 12.1 Å². The van der Waals surface area contributed by atoms with E-state index >= 15 is 0 Å². The first-order valence-electron chi connectivity index (χ1n) is 10.7. The predicted molar refractivity (Wildman–Crippen MR) is 131 cm³/mol. The van der Waals surface area contributed by atoms with Crippen LogP contribution in [0.4, 0.5) is 10.1 Å². The quantitative estimate of drug-likeness (QED) is 0.463. The Labute approximate surface area is 205 Å². The number of aryl methyl sites for hydroxylation is 1. The van der Waals surface area contributed by atoms with Gasteiger partial charge in [-0.15, -0.1) is 0 Å². The summed E-state index contributed by atoms with van der Waals surface area (Å²) in [4.78, 5) is 12.8. The van der Waals surface area contributed by atoms with Crippen LogP contribution in [0.5, 0.6) is 0 Å². The zero-order valence-corrected chi connectivity index (χ0v) is 20.8. The Morgan fingerprint density at radius 2 is 2.03 bits per heavy atom. The van der Waals surface area contributed by atoms with Crippen molar-refractivity contribution in [2.45, 2.75) is 24.7 Å². The summed E-state index contributed by atoms with van der Waals surface area (Å²) >= 11 is 3.37. The molecule has 34 heavy (non-hydrogen) atoms. The van der Waals surface area contributed by atoms with Crippen molar-refractivity contribution in [3.05, 3.63) is 75.8 Å². The zero-order valence-electron chi connectivity index (χ0n) is 18.4. The molecule has 0 saturated carbocycles. The standard InChI is InChI=1S/C24H23BrFN3O4S/c1-16-23(22(33-28-16)12-11-17-6-2-3-10-21(17)26)34(31,32)29-13-5-7-18(15-29)24(30)27-20-9-4-8-19(25)14-20/h2-4,6,8-12,14,18H,5,7,13,15H2,1H3,(H,27,30). The van der Waals surface area contributed by atoms with Crippen LogP contribution in [-0.4, -0.2) is 36.9 Å². The van der Waals surface area contributed by atoms with Gasteiger partial charge in [0, 0.05) is 28.8 Å². The van der Waals surface area contributed by atoms with Crippen LogP contribution >= 0.6 is 15.9 Å². The summed E-state index contributed by atoms with van der Waals surface area (Å²) in [6, 6.07) is 13.4. The van der Waals surface area contributed by atoms with Gasteiger partial charge >= 0.3 is 0 Å². The minimum atomic E-state index is -4.00. The maximum atomic E-state index is 14.0. The van der Waals surface area contributed by atoms with E-state index in [9.17, 15) is 17.6 Å². The number of halogens is 2. The molecule has 0 aliphatic carbocycles. The number of sulfonamides is 1. The molecule has 4 rings (SSSR count). The first-order chi connectivity index (χ1) is 16.3. The maximum Gasteiger partial charge on any atom is 0.248 e. The largest absolute Gasteiger partial charge is 0.355 e. The summed E-state index contributed by atoms with van der Waals surface area (Å²) in [5, 5.41) is 6.68. The fraction of sp³-hybridized carbons (Fsp3) is 0.250. The summed E-state index contributed by atoms with van der Waals surface area (Å²) < 4.78 is 48.4. The molecule has 1 aliphatic rings. The molecular formula is C24H23BrFN3O4S. The second kappa shape index (κ2) is 10.2. The second-order valence-corrected chi connectivity index (χ2v) is 10.8. The van der Waals surface area contributed by atoms with Crippen molar-refractivity contribution in [1.29, 1.82) is 0 Å². The van der Waals surface area contributed by atoms with Gasteiger partial charge in [0.25, 0.3) is 0 Å². The van der Waals surface area contributed by atoms with Gasteiger partial charge in [-0.3, -0.25) is 4.79 Å². The lowest BCUT2D eigenvalue weighted by molar-refractivity contribution is -0.120. The normalized spacial score (nSPS) is 17.2. The highest BCUT2D eigenvalue weighted by Gasteiger charge is 2.37. The SMILES string of the molecule is Cc1noc(C=Cc2ccccc2F)c1S(=O)(=O)N1CCCC(C(=O)Nc2cccc(Br)c2)C1. The van der Waals surface area contributed by atoms with Gasteiger partial charge in [0.1, 0.15) is 11.5 Å². The number of carbonyl (C=O) groups excluding carboxylic acids is 1. The third kappa shape index (κ3) is 5.29. The van der Waals surface area contributed by atoms with Crippen LogP contribution in [0, 0.1) is 18.7 Å². The van der Waals surface area contributed by atoms with Crippen LogP contribution in [0.2, 0.25) is 0 Å². The molecule has 1 aliphatic heterocycles. The Morgan fingerprint density at radius 3 is 2.79 bits per heavy atom. The number of anilines is 1. The lowest BCUT2D eigenvalue weighted by atomic mass is 9.99. The van der Waals surface area contributed by atoms with Crippen molar-refractivity contribution < 1.29 is 22.1 Å². The molecule has 7 nitrogen and oxygen atoms in total. The number of nitrogens with zero attached hydrogens (tertiary/aromatic N) is 2. The average Bonchev–Trinajstić information content (AvgIpc) is 3.19. The number of amides is 1. The zero-order chi connectivity index (χ0) is 24.3. The summed E-state index contributed by atoms with van der Waals surface area (Å²) in [7, 11) is -4.00. The average molecular weight is 548 g/mol. The Hall–Kier alpha value is -2.82. The molecule has 1 fully saturated rings. The van der Waals surface area contributed by atoms with Gasteiger partial charge in [0.2, 0.25) is 15.9 Å². The van der Waals surface area contributed by atoms with Crippen LogP contribution in [-0.2, 0) is 14.8 Å². The monoisotopic (exact) mass is 547 g/mol. The molecule has 0 radical (unpaired) electrons. The van der Waals surface area contributed by atoms with Gasteiger partial charge in [0.05, 0.1) is 5.92 Å². The molecule has 1 amide bonds. The minimum absolute atomic E-state index is 0.0152. The van der Waals surface area contributed by atoms with Gasteiger partial charge < -0.3 is 9.84 Å². The first-order valence-corrected chi connectivity index (χ1v) is 12.9. The highest BCUT2D eigenvalue weighted by molar-refractivity contribution is 9.10. The molecule has 1 aromatic heterocycles. The summed E-state index contributed by atoms with van der Waals surface area (Å²) in [6.07, 6.45) is 3.96. The molecular weight excluding hydrogens is 525 g/mol. The van der Waals surface area contributed by atoms with Crippen molar-refractivity contribution in [1.82, 2.24) is 9.46 Å². The van der Waals surface area contributed by atoms with Crippen LogP contribution in [0.25, 0.3) is 12.2 Å². The first kappa shape index (κ1) is 24.3. The third-order valence-corrected chi connectivity index (χ3v) is 8.11. The number of nitrogens with one attached hydrogen (secondary N) is 1. The lowest BCUT2D eigenvalue weighted by Crippen LogP contribution is -2.43. The third-order valence-electron chi connectivity index (χ3n) is 5.60. The fourth-order valence-corrected chi connectivity index (χ4v) is 6.06. The highest BCUT2D eigenvalue weighted by atomic mass is 79.9. The van der Waals surface area contributed by atoms with E-state index in [4.69, 9.17) is 4.52 Å². The number of hydrogen-bond acceptors (Lipinski definition) is 5. The van der Waals surface area contributed by atoms with Gasteiger partial charge in [0.15, 0.2) is 10.7 Å². The van der Waals surface area contributed by atoms with E-state index in [1.165, 1.54) is 29.4 Å². The smallest absolute Gasteiger partial charge is 0.248 e. The van der Waals surface area contributed by atoms with Crippen LogP contribution in [0.1, 0.15) is 29.9 Å². The lowest BCUT2D eigenvalue weighted by Gasteiger charge is -2.31. The van der Waals surface area contributed by atoms with Crippen molar-refractivity contribution >= 4 is 49.7 Å². The summed E-state index contributed by atoms with van der Waals surface area (Å²) in [5.74, 6) is -1.16. The number of carbonyl (C=O) groups is 1. The molecule has 1 N–H and O–H groups in total. The Balaban J connectivity index is 1.54. The van der Waals surface area contributed by atoms with E-state index in [0.29, 0.717) is 24.1 Å². The molecule has 1 atom stereocenters. The second-order valence-electron chi connectivity index (χ2n) is 8.02. The van der Waals surface area contributed by atoms with Crippen molar-refractivity contribution in [2.75, 3.05) is 18.4 Å². The van der Waals surface area contributed by atoms with Gasteiger partial charge in [-0.25, -0.2) is 12.8 Å². The molecule has 10 heteroatoms. The number of piperidine rings is 1. The number of rotatable bonds is 6. The minimum Gasteiger partial charge on any atom is -0.355 e. The fourth-order valence-electron chi connectivity index (χ4n) is 3.89. The highest BCUT2D eigenvalue weighted by Crippen LogP contribution is 2.30. The topological polar surface area (TPSA) is 92.5 Å². The molecule has 1 saturated heterocycles. The molecule has 178 valence electrons. The predicted octanol–water partition coefficient (Wildman–Crippen LogP) is 5.09. The number of hydrogen-bond donors (Lipinski definition) is 1. The summed E-state index contributed by atoms with van der Waals surface area (Å²) in [5.41, 5.74) is 1.13. The molecule has 0 bridgehead atoms. The summed E-state index contributed by atoms with van der Waals surface area (Å²) in [6.45, 7) is 1.87. The van der Waals surface area contributed by atoms with Gasteiger partial charge in [-0.05, 0) is 56.2 Å². The van der Waals surface area contributed by atoms with Crippen LogP contribution in [0.15, 0.2) is 62.4 Å².